The summed E-state index contributed by atoms with van der Waals surface area (Å²) in [5.74, 6) is 0.553. The van der Waals surface area contributed by atoms with Crippen molar-refractivity contribution < 1.29 is 0 Å². The van der Waals surface area contributed by atoms with Crippen LogP contribution >= 0.6 is 34.5 Å². The van der Waals surface area contributed by atoms with E-state index < -0.39 is 0 Å². The summed E-state index contributed by atoms with van der Waals surface area (Å²) in [6.45, 7) is 4.44. The van der Waals surface area contributed by atoms with E-state index in [-0.39, 0.29) is 0 Å². The number of hydrogen-bond acceptors (Lipinski definition) is 2. The predicted octanol–water partition coefficient (Wildman–Crippen LogP) is 5.64. The third kappa shape index (κ3) is 3.32. The van der Waals surface area contributed by atoms with Gasteiger partial charge in [-0.15, -0.1) is 11.3 Å². The molecule has 2 rings (SSSR count). The van der Waals surface area contributed by atoms with Crippen molar-refractivity contribution in [3.8, 4) is 10.4 Å². The molecule has 1 aromatic carbocycles. The average molecular weight is 314 g/mol. The van der Waals surface area contributed by atoms with E-state index in [0.717, 1.165) is 5.56 Å². The molecule has 102 valence electrons. The van der Waals surface area contributed by atoms with Gasteiger partial charge in [-0.25, -0.2) is 0 Å². The van der Waals surface area contributed by atoms with Crippen LogP contribution in [-0.2, 0) is 0 Å². The van der Waals surface area contributed by atoms with E-state index >= 15 is 0 Å². The van der Waals surface area contributed by atoms with Crippen molar-refractivity contribution in [2.75, 3.05) is 7.05 Å². The Kier molecular flexibility index (Phi) is 4.91. The summed E-state index contributed by atoms with van der Waals surface area (Å²) in [5.41, 5.74) is 1.04. The average Bonchev–Trinajstić information content (AvgIpc) is 2.78. The highest BCUT2D eigenvalue weighted by Gasteiger charge is 2.16. The van der Waals surface area contributed by atoms with Gasteiger partial charge in [0.25, 0.3) is 0 Å². The predicted molar refractivity (Wildman–Crippen MR) is 86.4 cm³/mol. The molecule has 1 unspecified atom stereocenters. The van der Waals surface area contributed by atoms with Gasteiger partial charge in [0, 0.05) is 26.4 Å². The maximum Gasteiger partial charge on any atom is 0.0507 e. The van der Waals surface area contributed by atoms with Crippen LogP contribution in [0, 0.1) is 5.92 Å². The summed E-state index contributed by atoms with van der Waals surface area (Å²) in [5, 5.41) is 4.73. The van der Waals surface area contributed by atoms with Crippen LogP contribution in [-0.4, -0.2) is 7.05 Å². The van der Waals surface area contributed by atoms with Gasteiger partial charge < -0.3 is 5.32 Å². The fourth-order valence-corrected chi connectivity index (χ4v) is 4.06. The van der Waals surface area contributed by atoms with Gasteiger partial charge in [0.15, 0.2) is 0 Å². The summed E-state index contributed by atoms with van der Waals surface area (Å²) in [6.07, 6.45) is 0. The van der Waals surface area contributed by atoms with Crippen LogP contribution in [0.4, 0.5) is 0 Å². The van der Waals surface area contributed by atoms with E-state index in [9.17, 15) is 0 Å². The van der Waals surface area contributed by atoms with E-state index in [1.807, 2.05) is 19.2 Å². The van der Waals surface area contributed by atoms with Gasteiger partial charge in [0.1, 0.15) is 0 Å². The first-order valence-electron chi connectivity index (χ1n) is 6.25. The number of rotatable bonds is 4. The van der Waals surface area contributed by atoms with Crippen molar-refractivity contribution in [2.45, 2.75) is 19.9 Å². The Morgan fingerprint density at radius 3 is 2.42 bits per heavy atom. The zero-order valence-electron chi connectivity index (χ0n) is 11.2. The highest BCUT2D eigenvalue weighted by atomic mass is 35.5. The third-order valence-corrected chi connectivity index (χ3v) is 4.86. The van der Waals surface area contributed by atoms with Gasteiger partial charge in [-0.3, -0.25) is 0 Å². The van der Waals surface area contributed by atoms with Crippen LogP contribution in [0.1, 0.15) is 24.8 Å². The lowest BCUT2D eigenvalue weighted by molar-refractivity contribution is 0.449. The zero-order valence-corrected chi connectivity index (χ0v) is 13.5. The van der Waals surface area contributed by atoms with Gasteiger partial charge in [-0.2, -0.15) is 0 Å². The molecule has 1 N–H and O–H groups in total. The van der Waals surface area contributed by atoms with Crippen LogP contribution in [0.5, 0.6) is 0 Å². The topological polar surface area (TPSA) is 12.0 Å². The molecule has 1 atom stereocenters. The second kappa shape index (κ2) is 6.27. The minimum absolute atomic E-state index is 0.379. The van der Waals surface area contributed by atoms with E-state index in [1.165, 1.54) is 9.75 Å². The Hall–Kier alpha value is -0.540. The molecule has 0 fully saturated rings. The van der Waals surface area contributed by atoms with Crippen LogP contribution in [0.2, 0.25) is 10.0 Å². The molecule has 0 aliphatic carbocycles. The number of hydrogen-bond donors (Lipinski definition) is 1. The van der Waals surface area contributed by atoms with Crippen molar-refractivity contribution in [3.63, 3.8) is 0 Å². The SMILES string of the molecule is CNC(c1ccc(-c2ccc(Cl)cc2Cl)s1)C(C)C. The number of halogens is 2. The lowest BCUT2D eigenvalue weighted by Gasteiger charge is -2.18. The molecule has 0 radical (unpaired) electrons. The Morgan fingerprint density at radius 1 is 1.11 bits per heavy atom. The number of thiophene rings is 1. The number of benzene rings is 1. The third-order valence-electron chi connectivity index (χ3n) is 3.11. The van der Waals surface area contributed by atoms with E-state index in [0.29, 0.717) is 22.0 Å². The summed E-state index contributed by atoms with van der Waals surface area (Å²) in [6, 6.07) is 10.3. The largest absolute Gasteiger partial charge is 0.312 e. The lowest BCUT2D eigenvalue weighted by Crippen LogP contribution is -2.20. The number of nitrogens with one attached hydrogen (secondary N) is 1. The molecule has 1 heterocycles. The molecule has 4 heteroatoms. The molecular weight excluding hydrogens is 297 g/mol. The molecule has 2 aromatic rings. The smallest absolute Gasteiger partial charge is 0.0507 e. The van der Waals surface area contributed by atoms with E-state index in [1.54, 1.807) is 17.4 Å². The fourth-order valence-electron chi connectivity index (χ4n) is 2.16. The first-order chi connectivity index (χ1) is 9.02. The first kappa shape index (κ1) is 14.9. The molecule has 0 amide bonds. The van der Waals surface area contributed by atoms with Gasteiger partial charge in [-0.05, 0) is 37.2 Å². The van der Waals surface area contributed by atoms with Crippen molar-refractivity contribution in [3.05, 3.63) is 45.3 Å². The maximum atomic E-state index is 6.26. The summed E-state index contributed by atoms with van der Waals surface area (Å²) in [7, 11) is 2.00. The van der Waals surface area contributed by atoms with Gasteiger partial charge in [0.2, 0.25) is 0 Å². The fraction of sp³-hybridized carbons (Fsp3) is 0.333. The first-order valence-corrected chi connectivity index (χ1v) is 7.82. The normalized spacial score (nSPS) is 12.9. The zero-order chi connectivity index (χ0) is 14.0. The Labute approximate surface area is 128 Å². The standard InChI is InChI=1S/C15H17Cl2NS/c1-9(2)15(18-3)14-7-6-13(19-14)11-5-4-10(16)8-12(11)17/h4-9,15,18H,1-3H3. The second-order valence-electron chi connectivity index (χ2n) is 4.84. The Morgan fingerprint density at radius 2 is 1.84 bits per heavy atom. The maximum absolute atomic E-state index is 6.26. The minimum Gasteiger partial charge on any atom is -0.312 e. The summed E-state index contributed by atoms with van der Waals surface area (Å²) < 4.78 is 0. The van der Waals surface area contributed by atoms with Crippen LogP contribution in [0.3, 0.4) is 0 Å². The minimum atomic E-state index is 0.379. The molecule has 1 nitrogen and oxygen atoms in total. The van der Waals surface area contributed by atoms with Gasteiger partial charge in [-0.1, -0.05) is 43.1 Å². The molecule has 0 aliphatic heterocycles. The van der Waals surface area contributed by atoms with Crippen molar-refractivity contribution in [1.29, 1.82) is 0 Å². The van der Waals surface area contributed by atoms with E-state index in [4.69, 9.17) is 23.2 Å². The summed E-state index contributed by atoms with van der Waals surface area (Å²) >= 11 is 14.0. The Balaban J connectivity index is 2.35. The molecule has 0 bridgehead atoms. The summed E-state index contributed by atoms with van der Waals surface area (Å²) in [4.78, 5) is 2.51. The molecule has 19 heavy (non-hydrogen) atoms. The van der Waals surface area contributed by atoms with Crippen molar-refractivity contribution in [2.24, 2.45) is 5.92 Å². The monoisotopic (exact) mass is 313 g/mol. The molecule has 0 saturated heterocycles. The van der Waals surface area contributed by atoms with Crippen LogP contribution in [0.15, 0.2) is 30.3 Å². The molecule has 1 aromatic heterocycles. The highest BCUT2D eigenvalue weighted by molar-refractivity contribution is 7.15. The van der Waals surface area contributed by atoms with E-state index in [2.05, 4.69) is 31.3 Å². The van der Waals surface area contributed by atoms with Gasteiger partial charge >= 0.3 is 0 Å². The van der Waals surface area contributed by atoms with Crippen molar-refractivity contribution >= 4 is 34.5 Å². The molecule has 0 saturated carbocycles. The van der Waals surface area contributed by atoms with Gasteiger partial charge in [0.05, 0.1) is 5.02 Å². The molecular formula is C15H17Cl2NS. The van der Waals surface area contributed by atoms with Crippen LogP contribution < -0.4 is 5.32 Å². The highest BCUT2D eigenvalue weighted by Crippen LogP contribution is 2.37. The quantitative estimate of drug-likeness (QED) is 0.770. The second-order valence-corrected chi connectivity index (χ2v) is 6.80. The molecule has 0 spiro atoms. The lowest BCUT2D eigenvalue weighted by atomic mass is 10.0. The van der Waals surface area contributed by atoms with Crippen molar-refractivity contribution in [1.82, 2.24) is 5.32 Å². The molecule has 0 aliphatic rings. The van der Waals surface area contributed by atoms with Crippen LogP contribution in [0.25, 0.3) is 10.4 Å². The Bertz CT molecular complexity index is 563.